The van der Waals surface area contributed by atoms with E-state index >= 15 is 0 Å². The fourth-order valence-corrected chi connectivity index (χ4v) is 2.86. The number of aromatic amines is 1. The Morgan fingerprint density at radius 1 is 1.38 bits per heavy atom. The zero-order chi connectivity index (χ0) is 19.0. The number of ether oxygens (including phenoxy) is 1. The summed E-state index contributed by atoms with van der Waals surface area (Å²) >= 11 is 0. The smallest absolute Gasteiger partial charge is 0.280 e. The highest BCUT2D eigenvalue weighted by molar-refractivity contribution is 5.87. The summed E-state index contributed by atoms with van der Waals surface area (Å²) in [6, 6.07) is -0.896. The van der Waals surface area contributed by atoms with Gasteiger partial charge in [-0.25, -0.2) is 4.98 Å². The predicted octanol–water partition coefficient (Wildman–Crippen LogP) is -2.17. The van der Waals surface area contributed by atoms with Gasteiger partial charge in [-0.3, -0.25) is 29.3 Å². The molecule has 12 heteroatoms. The first-order valence-corrected chi connectivity index (χ1v) is 7.77. The Morgan fingerprint density at radius 2 is 2.12 bits per heavy atom. The Labute approximate surface area is 146 Å². The number of nitrogens with one attached hydrogen (secondary N) is 3. The molecule has 0 bridgehead atoms. The van der Waals surface area contributed by atoms with Crippen LogP contribution in [0.1, 0.15) is 20.1 Å². The molecule has 2 amide bonds. The molecule has 140 valence electrons. The molecule has 0 saturated carbocycles. The molecule has 0 spiro atoms. The highest BCUT2D eigenvalue weighted by Crippen LogP contribution is 2.31. The number of aliphatic hydroxyl groups is 2. The van der Waals surface area contributed by atoms with E-state index in [0.29, 0.717) is 0 Å². The average Bonchev–Trinajstić information content (AvgIpc) is 3.09. The number of nitrogens with zero attached hydrogens (tertiary/aromatic N) is 3. The standard InChI is InChI=1S/C14H18N6O6/c1-5(22)16-8-10(24)7(3-21)26-13(8)20-4-15-9-11(20)18-14(17-6(2)23)19-12(9)25/h4,7-8,10,13,21,24H,3H2,1-2H3,(H,16,22)(H2,17,18,19,23,25)/t7-,8-,10-,13-/m1/s1. The van der Waals surface area contributed by atoms with Crippen LogP contribution in [0.25, 0.3) is 11.2 Å². The van der Waals surface area contributed by atoms with Crippen molar-refractivity contribution in [2.45, 2.75) is 38.3 Å². The van der Waals surface area contributed by atoms with Gasteiger partial charge in [-0.05, 0) is 0 Å². The highest BCUT2D eigenvalue weighted by atomic mass is 16.5. The van der Waals surface area contributed by atoms with Gasteiger partial charge in [0.1, 0.15) is 18.2 Å². The summed E-state index contributed by atoms with van der Waals surface area (Å²) in [5.74, 6) is -0.914. The van der Waals surface area contributed by atoms with E-state index < -0.39 is 48.5 Å². The third-order valence-corrected chi connectivity index (χ3v) is 3.92. The van der Waals surface area contributed by atoms with Crippen LogP contribution in [0.5, 0.6) is 0 Å². The molecule has 0 aromatic carbocycles. The third-order valence-electron chi connectivity index (χ3n) is 3.92. The number of hydrogen-bond donors (Lipinski definition) is 5. The van der Waals surface area contributed by atoms with Crippen molar-refractivity contribution in [2.24, 2.45) is 0 Å². The maximum atomic E-state index is 12.1. The second-order valence-corrected chi connectivity index (χ2v) is 5.88. The summed E-state index contributed by atoms with van der Waals surface area (Å²) in [6.45, 7) is 2.07. The molecule has 0 unspecified atom stereocenters. The molecule has 12 nitrogen and oxygen atoms in total. The van der Waals surface area contributed by atoms with E-state index in [1.54, 1.807) is 0 Å². The molecule has 3 rings (SSSR count). The van der Waals surface area contributed by atoms with Crippen molar-refractivity contribution in [1.82, 2.24) is 24.8 Å². The summed E-state index contributed by atoms with van der Waals surface area (Å²) in [6.07, 6.45) is -1.80. The van der Waals surface area contributed by atoms with Crippen molar-refractivity contribution >= 4 is 28.9 Å². The number of anilines is 1. The molecule has 2 aromatic heterocycles. The number of amides is 2. The Balaban J connectivity index is 2.08. The zero-order valence-electron chi connectivity index (χ0n) is 14.0. The summed E-state index contributed by atoms with van der Waals surface area (Å²) in [4.78, 5) is 45.3. The van der Waals surface area contributed by atoms with Crippen LogP contribution in [0, 0.1) is 0 Å². The second kappa shape index (κ2) is 6.82. The van der Waals surface area contributed by atoms with Crippen LogP contribution >= 0.6 is 0 Å². The van der Waals surface area contributed by atoms with Gasteiger partial charge in [0, 0.05) is 13.8 Å². The highest BCUT2D eigenvalue weighted by Gasteiger charge is 2.45. The van der Waals surface area contributed by atoms with Crippen molar-refractivity contribution < 1.29 is 24.5 Å². The SMILES string of the molecule is CC(=O)Nc1nc2c(ncn2[C@@H]2O[C@H](CO)[C@@H](O)[C@H]2NC(C)=O)c(=O)[nH]1. The molecule has 3 heterocycles. The Bertz CT molecular complexity index is 907. The lowest BCUT2D eigenvalue weighted by Gasteiger charge is -2.22. The molecule has 1 fully saturated rings. The second-order valence-electron chi connectivity index (χ2n) is 5.88. The van der Waals surface area contributed by atoms with Gasteiger partial charge in [0.05, 0.1) is 12.9 Å². The Hall–Kier alpha value is -2.83. The molecule has 1 aliphatic heterocycles. The van der Waals surface area contributed by atoms with E-state index in [0.717, 1.165) is 0 Å². The summed E-state index contributed by atoms with van der Waals surface area (Å²) < 4.78 is 6.97. The van der Waals surface area contributed by atoms with Crippen molar-refractivity contribution in [3.05, 3.63) is 16.7 Å². The largest absolute Gasteiger partial charge is 0.394 e. The molecule has 0 aliphatic carbocycles. The van der Waals surface area contributed by atoms with E-state index in [9.17, 15) is 24.6 Å². The third kappa shape index (κ3) is 3.16. The first kappa shape index (κ1) is 18.0. The molecule has 26 heavy (non-hydrogen) atoms. The van der Waals surface area contributed by atoms with E-state index in [-0.39, 0.29) is 17.1 Å². The van der Waals surface area contributed by atoms with Gasteiger partial charge in [-0.1, -0.05) is 0 Å². The van der Waals surface area contributed by atoms with Crippen LogP contribution in [-0.4, -0.2) is 66.4 Å². The van der Waals surface area contributed by atoms with Crippen LogP contribution in [0.2, 0.25) is 0 Å². The van der Waals surface area contributed by atoms with Crippen LogP contribution < -0.4 is 16.2 Å². The average molecular weight is 366 g/mol. The predicted molar refractivity (Wildman–Crippen MR) is 87.1 cm³/mol. The maximum Gasteiger partial charge on any atom is 0.280 e. The number of aliphatic hydroxyl groups excluding tert-OH is 2. The van der Waals surface area contributed by atoms with Gasteiger partial charge in [-0.15, -0.1) is 0 Å². The van der Waals surface area contributed by atoms with E-state index in [1.165, 1.54) is 24.7 Å². The van der Waals surface area contributed by atoms with Gasteiger partial charge in [0.25, 0.3) is 5.56 Å². The van der Waals surface area contributed by atoms with Crippen molar-refractivity contribution in [3.63, 3.8) is 0 Å². The minimum absolute atomic E-state index is 0.00813. The van der Waals surface area contributed by atoms with E-state index in [4.69, 9.17) is 4.74 Å². The number of aromatic nitrogens is 4. The first-order chi connectivity index (χ1) is 12.3. The normalized spacial score (nSPS) is 25.4. The number of hydrogen-bond acceptors (Lipinski definition) is 8. The van der Waals surface area contributed by atoms with Crippen molar-refractivity contribution in [2.75, 3.05) is 11.9 Å². The van der Waals surface area contributed by atoms with Gasteiger partial charge in [0.2, 0.25) is 17.8 Å². The molecule has 1 aliphatic rings. The lowest BCUT2D eigenvalue weighted by molar-refractivity contribution is -0.121. The van der Waals surface area contributed by atoms with E-state index in [2.05, 4.69) is 25.6 Å². The number of carbonyl (C=O) groups excluding carboxylic acids is 2. The number of imidazole rings is 1. The summed E-state index contributed by atoms with van der Waals surface area (Å²) in [5, 5.41) is 24.6. The van der Waals surface area contributed by atoms with Gasteiger partial charge in [-0.2, -0.15) is 4.98 Å². The topological polar surface area (TPSA) is 171 Å². The molecule has 1 saturated heterocycles. The van der Waals surface area contributed by atoms with Gasteiger partial charge < -0.3 is 20.3 Å². The Kier molecular flexibility index (Phi) is 4.71. The van der Waals surface area contributed by atoms with Gasteiger partial charge >= 0.3 is 0 Å². The molecular formula is C14H18N6O6. The minimum atomic E-state index is -1.18. The first-order valence-electron chi connectivity index (χ1n) is 7.77. The Morgan fingerprint density at radius 3 is 2.73 bits per heavy atom. The van der Waals surface area contributed by atoms with Crippen LogP contribution in [0.15, 0.2) is 11.1 Å². The van der Waals surface area contributed by atoms with Crippen LogP contribution in [0.4, 0.5) is 5.95 Å². The van der Waals surface area contributed by atoms with Crippen LogP contribution in [-0.2, 0) is 14.3 Å². The minimum Gasteiger partial charge on any atom is -0.394 e. The van der Waals surface area contributed by atoms with E-state index in [1.807, 2.05) is 0 Å². The molecular weight excluding hydrogens is 348 g/mol. The number of carbonyl (C=O) groups is 2. The zero-order valence-corrected chi connectivity index (χ0v) is 14.0. The molecule has 2 aromatic rings. The number of fused-ring (bicyclic) bond motifs is 1. The molecule has 4 atom stereocenters. The fourth-order valence-electron chi connectivity index (χ4n) is 2.86. The van der Waals surface area contributed by atoms with Crippen molar-refractivity contribution in [3.8, 4) is 0 Å². The lowest BCUT2D eigenvalue weighted by atomic mass is 10.1. The van der Waals surface area contributed by atoms with Crippen molar-refractivity contribution in [1.29, 1.82) is 0 Å². The quantitative estimate of drug-likeness (QED) is 0.407. The summed E-state index contributed by atoms with van der Waals surface area (Å²) in [7, 11) is 0. The van der Waals surface area contributed by atoms with Gasteiger partial charge in [0.15, 0.2) is 17.4 Å². The number of H-pyrrole nitrogens is 1. The summed E-state index contributed by atoms with van der Waals surface area (Å²) in [5.41, 5.74) is -0.499. The van der Waals surface area contributed by atoms with Crippen LogP contribution in [0.3, 0.4) is 0 Å². The number of rotatable bonds is 4. The maximum absolute atomic E-state index is 12.1. The molecule has 0 radical (unpaired) electrons. The monoisotopic (exact) mass is 366 g/mol. The fraction of sp³-hybridized carbons (Fsp3) is 0.500. The lowest BCUT2D eigenvalue weighted by Crippen LogP contribution is -2.46. The molecule has 5 N–H and O–H groups in total.